The highest BCUT2D eigenvalue weighted by atomic mass is 32.1. The summed E-state index contributed by atoms with van der Waals surface area (Å²) in [7, 11) is 0. The number of hydrogen-bond donors (Lipinski definition) is 0. The minimum absolute atomic E-state index is 0.338. The highest BCUT2D eigenvalue weighted by Gasteiger charge is 2.23. The van der Waals surface area contributed by atoms with Crippen molar-refractivity contribution in [2.75, 3.05) is 0 Å². The third-order valence-electron chi connectivity index (χ3n) is 8.84. The second-order valence-electron chi connectivity index (χ2n) is 12.2. The lowest BCUT2D eigenvalue weighted by Gasteiger charge is -2.22. The number of thiophene rings is 1. The molecule has 0 aliphatic rings. The number of rotatable bonds is 4. The van der Waals surface area contributed by atoms with E-state index in [-0.39, 0.29) is 0 Å². The molecule has 0 amide bonds. The number of nitrogens with zero attached hydrogens (tertiary/aromatic N) is 2. The predicted octanol–water partition coefficient (Wildman–Crippen LogP) is 11.9. The number of para-hydroxylation sites is 3. The average Bonchev–Trinajstić information content (AvgIpc) is 3.60. The molecule has 0 aliphatic heterocycles. The van der Waals surface area contributed by atoms with Crippen LogP contribution < -0.4 is 0 Å². The first-order valence-corrected chi connectivity index (χ1v) is 15.9. The Bertz CT molecular complexity index is 2450. The molecule has 0 radical (unpaired) electrons. The largest absolute Gasteiger partial charge is 0.292 e. The first-order chi connectivity index (χ1) is 22.1. The molecule has 2 heterocycles. The molecule has 0 bridgehead atoms. The molecule has 0 aliphatic carbocycles. The van der Waals surface area contributed by atoms with Crippen molar-refractivity contribution in [2.24, 2.45) is 0 Å². The van der Waals surface area contributed by atoms with E-state index in [1.165, 1.54) is 32.3 Å². The first-order valence-electron chi connectivity index (χ1n) is 16.5. The zero-order chi connectivity index (χ0) is 31.9. The molecule has 3 heteroatoms. The van der Waals surface area contributed by atoms with Crippen LogP contribution in [0.2, 0.25) is 0 Å². The van der Waals surface area contributed by atoms with Gasteiger partial charge >= 0.3 is 0 Å². The molecule has 0 N–H and O–H groups in total. The van der Waals surface area contributed by atoms with E-state index in [2.05, 4.69) is 105 Å². The van der Waals surface area contributed by atoms with E-state index >= 15 is 0 Å². The van der Waals surface area contributed by atoms with Crippen molar-refractivity contribution in [3.63, 3.8) is 0 Å². The van der Waals surface area contributed by atoms with Gasteiger partial charge in [-0.05, 0) is 87.3 Å². The van der Waals surface area contributed by atoms with Crippen molar-refractivity contribution >= 4 is 64.1 Å². The van der Waals surface area contributed by atoms with Crippen molar-refractivity contribution in [3.05, 3.63) is 120 Å². The summed E-state index contributed by atoms with van der Waals surface area (Å²) in [5, 5.41) is 6.13. The van der Waals surface area contributed by atoms with Crippen LogP contribution in [0.4, 0.5) is 0 Å². The Morgan fingerprint density at radius 2 is 1.37 bits per heavy atom. The van der Waals surface area contributed by atoms with Gasteiger partial charge in [0, 0.05) is 29.8 Å². The average molecular weight is 578 g/mol. The Balaban J connectivity index is 1.46. The SMILES string of the molecule is [2H]C([2H])([2H])c1cc2cc3sc4c(-c5nc6ccccc6n5-c5c(C(C)C)cccc5C(C)C)cccc4c3cc2c2ccccc12. The summed E-state index contributed by atoms with van der Waals surface area (Å²) < 4.78 is 29.5. The Labute approximate surface area is 260 Å². The third-order valence-corrected chi connectivity index (χ3v) is 10.0. The second kappa shape index (κ2) is 9.79. The maximum absolute atomic E-state index is 8.25. The Hall–Kier alpha value is -4.47. The smallest absolute Gasteiger partial charge is 0.147 e. The lowest BCUT2D eigenvalue weighted by Crippen LogP contribution is -2.08. The number of aryl methyl sites for hydroxylation is 1. The highest BCUT2D eigenvalue weighted by Crippen LogP contribution is 2.44. The van der Waals surface area contributed by atoms with E-state index in [0.29, 0.717) is 17.4 Å². The zero-order valence-electron chi connectivity index (χ0n) is 27.8. The third kappa shape index (κ3) is 3.95. The van der Waals surface area contributed by atoms with Gasteiger partial charge in [0.1, 0.15) is 5.82 Å². The van der Waals surface area contributed by atoms with E-state index in [1.54, 1.807) is 11.3 Å². The molecule has 2 nitrogen and oxygen atoms in total. The van der Waals surface area contributed by atoms with Gasteiger partial charge in [0.2, 0.25) is 0 Å². The highest BCUT2D eigenvalue weighted by molar-refractivity contribution is 7.26. The maximum atomic E-state index is 8.25. The monoisotopic (exact) mass is 577 g/mol. The molecule has 0 spiro atoms. The van der Waals surface area contributed by atoms with Crippen LogP contribution in [0.1, 0.15) is 60.3 Å². The van der Waals surface area contributed by atoms with Crippen LogP contribution in [0.25, 0.3) is 69.8 Å². The van der Waals surface area contributed by atoms with Gasteiger partial charge in [-0.1, -0.05) is 100 Å². The minimum atomic E-state index is -2.20. The number of fused-ring (bicyclic) bond motifs is 7. The van der Waals surface area contributed by atoms with Crippen molar-refractivity contribution < 1.29 is 4.11 Å². The molecule has 0 unspecified atom stereocenters. The summed E-state index contributed by atoms with van der Waals surface area (Å²) in [6.45, 7) is 6.86. The van der Waals surface area contributed by atoms with Gasteiger partial charge in [-0.25, -0.2) is 4.98 Å². The van der Waals surface area contributed by atoms with Crippen molar-refractivity contribution in [1.29, 1.82) is 0 Å². The van der Waals surface area contributed by atoms with Crippen LogP contribution in [0.5, 0.6) is 0 Å². The van der Waals surface area contributed by atoms with Crippen LogP contribution >= 0.6 is 11.3 Å². The van der Waals surface area contributed by atoms with Crippen LogP contribution in [0, 0.1) is 6.85 Å². The molecule has 43 heavy (non-hydrogen) atoms. The first kappa shape index (κ1) is 23.0. The van der Waals surface area contributed by atoms with Crippen molar-refractivity contribution in [3.8, 4) is 17.1 Å². The Morgan fingerprint density at radius 3 is 2.14 bits per heavy atom. The number of imidazole rings is 1. The number of hydrogen-bond acceptors (Lipinski definition) is 2. The molecule has 2 aromatic heterocycles. The fraction of sp³-hybridized carbons (Fsp3) is 0.175. The van der Waals surface area contributed by atoms with Gasteiger partial charge in [-0.2, -0.15) is 0 Å². The quantitative estimate of drug-likeness (QED) is 0.190. The van der Waals surface area contributed by atoms with Crippen LogP contribution in [-0.2, 0) is 0 Å². The Kier molecular flexibility index (Phi) is 5.25. The zero-order valence-corrected chi connectivity index (χ0v) is 25.6. The molecule has 8 rings (SSSR count). The summed E-state index contributed by atoms with van der Waals surface area (Å²) in [6.07, 6.45) is 0. The van der Waals surface area contributed by atoms with Gasteiger partial charge in [0.15, 0.2) is 0 Å². The molecule has 8 aromatic rings. The molecular weight excluding hydrogens is 541 g/mol. The van der Waals surface area contributed by atoms with Crippen LogP contribution in [0.15, 0.2) is 103 Å². The molecular formula is C40H34N2S. The Morgan fingerprint density at radius 1 is 0.674 bits per heavy atom. The van der Waals surface area contributed by atoms with Crippen LogP contribution in [0.3, 0.4) is 0 Å². The standard InChI is InChI=1S/C40H34N2S/c1-23(2)27-14-10-15-28(24(3)4)38(27)42-36-19-9-8-18-35(36)41-40(42)32-17-11-16-31-34-22-33-26(21-37(34)43-39(31)32)20-25(5)29-12-6-7-13-30(29)33/h6-24H,1-5H3/i5D3. The summed E-state index contributed by atoms with van der Waals surface area (Å²) in [6, 6.07) is 35.9. The molecule has 0 saturated carbocycles. The molecule has 0 fully saturated rings. The maximum Gasteiger partial charge on any atom is 0.147 e. The van der Waals surface area contributed by atoms with Gasteiger partial charge in [-0.3, -0.25) is 4.57 Å². The summed E-state index contributed by atoms with van der Waals surface area (Å²) in [4.78, 5) is 5.32. The normalized spacial score (nSPS) is 13.6. The van der Waals surface area contributed by atoms with E-state index in [4.69, 9.17) is 9.10 Å². The van der Waals surface area contributed by atoms with E-state index in [1.807, 2.05) is 30.3 Å². The minimum Gasteiger partial charge on any atom is -0.292 e. The molecule has 6 aromatic carbocycles. The predicted molar refractivity (Wildman–Crippen MR) is 187 cm³/mol. The van der Waals surface area contributed by atoms with Crippen molar-refractivity contribution in [1.82, 2.24) is 9.55 Å². The van der Waals surface area contributed by atoms with E-state index < -0.39 is 6.85 Å². The second-order valence-corrected chi connectivity index (χ2v) is 13.2. The van der Waals surface area contributed by atoms with Gasteiger partial charge in [0.05, 0.1) is 16.7 Å². The lowest BCUT2D eigenvalue weighted by atomic mass is 9.92. The van der Waals surface area contributed by atoms with Crippen LogP contribution in [-0.4, -0.2) is 9.55 Å². The topological polar surface area (TPSA) is 17.8 Å². The summed E-state index contributed by atoms with van der Waals surface area (Å²) in [5.74, 6) is 1.61. The van der Waals surface area contributed by atoms with Gasteiger partial charge in [-0.15, -0.1) is 11.3 Å². The fourth-order valence-corrected chi connectivity index (χ4v) is 8.02. The summed E-state index contributed by atoms with van der Waals surface area (Å²) >= 11 is 1.76. The molecule has 0 atom stereocenters. The molecule has 210 valence electrons. The number of benzene rings is 6. The number of aromatic nitrogens is 2. The fourth-order valence-electron chi connectivity index (χ4n) is 6.78. The van der Waals surface area contributed by atoms with Gasteiger partial charge < -0.3 is 0 Å². The molecule has 0 saturated heterocycles. The summed E-state index contributed by atoms with van der Waals surface area (Å²) in [5.41, 5.74) is 7.40. The van der Waals surface area contributed by atoms with Crippen molar-refractivity contribution in [2.45, 2.75) is 46.4 Å². The van der Waals surface area contributed by atoms with E-state index in [9.17, 15) is 0 Å². The van der Waals surface area contributed by atoms with Gasteiger partial charge in [0.25, 0.3) is 0 Å². The van der Waals surface area contributed by atoms with E-state index in [0.717, 1.165) is 48.7 Å². The lowest BCUT2D eigenvalue weighted by molar-refractivity contribution is 0.811.